The Morgan fingerprint density at radius 3 is 2.27 bits per heavy atom. The van der Waals surface area contributed by atoms with Crippen LogP contribution in [0.2, 0.25) is 10.0 Å². The highest BCUT2D eigenvalue weighted by Crippen LogP contribution is 2.28. The molecule has 0 spiro atoms. The molecule has 0 fully saturated rings. The predicted octanol–water partition coefficient (Wildman–Crippen LogP) is 2.85. The van der Waals surface area contributed by atoms with Crippen molar-refractivity contribution in [2.24, 2.45) is 0 Å². The van der Waals surface area contributed by atoms with Gasteiger partial charge in [-0.2, -0.15) is 0 Å². The van der Waals surface area contributed by atoms with Gasteiger partial charge in [-0.3, -0.25) is 20.4 Å². The molecule has 0 radical (unpaired) electrons. The van der Waals surface area contributed by atoms with E-state index >= 15 is 0 Å². The standard InChI is InChI=1S/C17H16Cl2N2O5/c1-24-14-5-3-10(7-15(14)25-2)17(23)21-20-16(22)9-26-13-6-4-11(18)8-12(13)19/h3-8H,9H2,1-2H3,(H,20,22)(H,21,23). The molecular weight excluding hydrogens is 383 g/mol. The third kappa shape index (κ3) is 5.18. The van der Waals surface area contributed by atoms with Gasteiger partial charge in [-0.25, -0.2) is 0 Å². The SMILES string of the molecule is COc1ccc(C(=O)NNC(=O)COc2ccc(Cl)cc2Cl)cc1OC. The zero-order valence-electron chi connectivity index (χ0n) is 14.0. The van der Waals surface area contributed by atoms with Crippen molar-refractivity contribution < 1.29 is 23.8 Å². The van der Waals surface area contributed by atoms with Crippen LogP contribution < -0.4 is 25.1 Å². The van der Waals surface area contributed by atoms with Crippen LogP contribution in [0.15, 0.2) is 36.4 Å². The van der Waals surface area contributed by atoms with Crippen LogP contribution in [0.25, 0.3) is 0 Å². The molecule has 2 amide bonds. The molecule has 7 nitrogen and oxygen atoms in total. The number of ether oxygens (including phenoxy) is 3. The lowest BCUT2D eigenvalue weighted by atomic mass is 10.2. The van der Waals surface area contributed by atoms with Crippen LogP contribution in [0.3, 0.4) is 0 Å². The first-order chi connectivity index (χ1) is 12.4. The normalized spacial score (nSPS) is 10.0. The number of hydrazine groups is 1. The van der Waals surface area contributed by atoms with Crippen LogP contribution in [-0.2, 0) is 4.79 Å². The fraction of sp³-hybridized carbons (Fsp3) is 0.176. The summed E-state index contributed by atoms with van der Waals surface area (Å²) in [5, 5.41) is 0.730. The second kappa shape index (κ2) is 9.17. The van der Waals surface area contributed by atoms with Gasteiger partial charge in [-0.05, 0) is 36.4 Å². The van der Waals surface area contributed by atoms with Gasteiger partial charge < -0.3 is 14.2 Å². The van der Waals surface area contributed by atoms with Crippen LogP contribution in [-0.4, -0.2) is 32.6 Å². The monoisotopic (exact) mass is 398 g/mol. The van der Waals surface area contributed by atoms with Crippen molar-refractivity contribution in [3.05, 3.63) is 52.0 Å². The van der Waals surface area contributed by atoms with Gasteiger partial charge in [0.25, 0.3) is 11.8 Å². The molecule has 2 aromatic carbocycles. The summed E-state index contributed by atoms with van der Waals surface area (Å²) < 4.78 is 15.5. The maximum atomic E-state index is 12.1. The lowest BCUT2D eigenvalue weighted by Gasteiger charge is -2.11. The van der Waals surface area contributed by atoms with E-state index < -0.39 is 11.8 Å². The van der Waals surface area contributed by atoms with Gasteiger partial charge in [0.05, 0.1) is 19.2 Å². The fourth-order valence-corrected chi connectivity index (χ4v) is 2.41. The quantitative estimate of drug-likeness (QED) is 0.730. The molecule has 0 unspecified atom stereocenters. The summed E-state index contributed by atoms with van der Waals surface area (Å²) in [5.74, 6) is 0.0969. The molecule has 2 rings (SSSR count). The molecule has 0 heterocycles. The van der Waals surface area contributed by atoms with E-state index in [0.29, 0.717) is 22.3 Å². The van der Waals surface area contributed by atoms with Crippen LogP contribution in [0.1, 0.15) is 10.4 Å². The van der Waals surface area contributed by atoms with Crippen molar-refractivity contribution in [2.45, 2.75) is 0 Å². The summed E-state index contributed by atoms with van der Waals surface area (Å²) in [6, 6.07) is 9.23. The zero-order valence-corrected chi connectivity index (χ0v) is 15.5. The van der Waals surface area contributed by atoms with Gasteiger partial charge in [0.15, 0.2) is 18.1 Å². The summed E-state index contributed by atoms with van der Waals surface area (Å²) in [6.07, 6.45) is 0. The van der Waals surface area contributed by atoms with Crippen molar-refractivity contribution in [3.63, 3.8) is 0 Å². The predicted molar refractivity (Wildman–Crippen MR) is 97.1 cm³/mol. The number of hydrogen-bond donors (Lipinski definition) is 2. The van der Waals surface area contributed by atoms with Crippen molar-refractivity contribution >= 4 is 35.0 Å². The lowest BCUT2D eigenvalue weighted by molar-refractivity contribution is -0.123. The molecule has 0 aliphatic rings. The van der Waals surface area contributed by atoms with Crippen molar-refractivity contribution in [2.75, 3.05) is 20.8 Å². The third-order valence-corrected chi connectivity index (χ3v) is 3.74. The Labute approximate surface area is 160 Å². The van der Waals surface area contributed by atoms with E-state index in [9.17, 15) is 9.59 Å². The van der Waals surface area contributed by atoms with E-state index in [1.807, 2.05) is 0 Å². The van der Waals surface area contributed by atoms with Crippen molar-refractivity contribution in [1.82, 2.24) is 10.9 Å². The minimum absolute atomic E-state index is 0.277. The highest BCUT2D eigenvalue weighted by atomic mass is 35.5. The van der Waals surface area contributed by atoms with Crippen LogP contribution in [0, 0.1) is 0 Å². The number of rotatable bonds is 6. The molecule has 2 N–H and O–H groups in total. The van der Waals surface area contributed by atoms with Crippen LogP contribution in [0.5, 0.6) is 17.2 Å². The number of methoxy groups -OCH3 is 2. The number of benzene rings is 2. The Hall–Kier alpha value is -2.64. The van der Waals surface area contributed by atoms with Gasteiger partial charge >= 0.3 is 0 Å². The highest BCUT2D eigenvalue weighted by molar-refractivity contribution is 6.35. The maximum absolute atomic E-state index is 12.1. The molecule has 0 saturated heterocycles. The number of halogens is 2. The molecule has 0 aromatic heterocycles. The largest absolute Gasteiger partial charge is 0.493 e. The second-order valence-electron chi connectivity index (χ2n) is 4.94. The molecule has 0 atom stereocenters. The lowest BCUT2D eigenvalue weighted by Crippen LogP contribution is -2.43. The Bertz CT molecular complexity index is 814. The molecule has 0 aliphatic carbocycles. The average Bonchev–Trinajstić information content (AvgIpc) is 2.64. The maximum Gasteiger partial charge on any atom is 0.276 e. The molecule has 0 saturated carbocycles. The topological polar surface area (TPSA) is 85.9 Å². The number of carbonyl (C=O) groups is 2. The molecule has 26 heavy (non-hydrogen) atoms. The molecular formula is C17H16Cl2N2O5. The highest BCUT2D eigenvalue weighted by Gasteiger charge is 2.12. The van der Waals surface area contributed by atoms with Crippen molar-refractivity contribution in [3.8, 4) is 17.2 Å². The minimum Gasteiger partial charge on any atom is -0.493 e. The summed E-state index contributed by atoms with van der Waals surface area (Å²) in [5.41, 5.74) is 4.80. The van der Waals surface area contributed by atoms with E-state index in [-0.39, 0.29) is 17.2 Å². The first-order valence-electron chi connectivity index (χ1n) is 7.33. The van der Waals surface area contributed by atoms with Crippen molar-refractivity contribution in [1.29, 1.82) is 0 Å². The minimum atomic E-state index is -0.565. The number of hydrogen-bond acceptors (Lipinski definition) is 5. The summed E-state index contributed by atoms with van der Waals surface area (Å²) in [7, 11) is 2.95. The average molecular weight is 399 g/mol. The summed E-state index contributed by atoms with van der Waals surface area (Å²) in [6.45, 7) is -0.340. The van der Waals surface area contributed by atoms with E-state index in [1.54, 1.807) is 18.2 Å². The Balaban J connectivity index is 1.87. The molecule has 138 valence electrons. The van der Waals surface area contributed by atoms with Gasteiger partial charge in [-0.1, -0.05) is 23.2 Å². The van der Waals surface area contributed by atoms with E-state index in [1.165, 1.54) is 32.4 Å². The fourth-order valence-electron chi connectivity index (χ4n) is 1.95. The Morgan fingerprint density at radius 1 is 0.923 bits per heavy atom. The molecule has 0 bridgehead atoms. The van der Waals surface area contributed by atoms with Gasteiger partial charge in [0, 0.05) is 10.6 Å². The molecule has 0 aliphatic heterocycles. The number of nitrogens with one attached hydrogen (secondary N) is 2. The molecule has 9 heteroatoms. The zero-order chi connectivity index (χ0) is 19.1. The van der Waals surface area contributed by atoms with Crippen LogP contribution >= 0.6 is 23.2 Å². The van der Waals surface area contributed by atoms with E-state index in [2.05, 4.69) is 10.9 Å². The Morgan fingerprint density at radius 2 is 1.62 bits per heavy atom. The number of amides is 2. The smallest absolute Gasteiger partial charge is 0.276 e. The van der Waals surface area contributed by atoms with Gasteiger partial charge in [0.2, 0.25) is 0 Å². The van der Waals surface area contributed by atoms with E-state index in [4.69, 9.17) is 37.4 Å². The number of carbonyl (C=O) groups excluding carboxylic acids is 2. The third-order valence-electron chi connectivity index (χ3n) is 3.21. The second-order valence-corrected chi connectivity index (χ2v) is 5.78. The first-order valence-corrected chi connectivity index (χ1v) is 8.09. The molecule has 2 aromatic rings. The summed E-state index contributed by atoms with van der Waals surface area (Å²) in [4.78, 5) is 23.9. The Kier molecular flexibility index (Phi) is 6.94. The van der Waals surface area contributed by atoms with Crippen LogP contribution in [0.4, 0.5) is 0 Å². The summed E-state index contributed by atoms with van der Waals surface area (Å²) >= 11 is 11.7. The van der Waals surface area contributed by atoms with E-state index in [0.717, 1.165) is 0 Å². The first kappa shape index (κ1) is 19.7. The van der Waals surface area contributed by atoms with Gasteiger partial charge in [0.1, 0.15) is 5.75 Å². The van der Waals surface area contributed by atoms with Gasteiger partial charge in [-0.15, -0.1) is 0 Å².